The standard InChI is InChI=1S/C24H23ClF4N4O2/c25-17-4-2-13-10-15(11-16(13)19(17)26)32-14-3-5-18(31-12-14)20(24(27,28)29)33-9-1-6-23(22(33)35)7-8-30-21(23)34/h2-5,12,15,20,32H,1,6-11H2,(H,30,34). The summed E-state index contributed by atoms with van der Waals surface area (Å²) in [6.45, 7) is 0.170. The minimum Gasteiger partial charge on any atom is -0.380 e. The lowest BCUT2D eigenvalue weighted by Crippen LogP contribution is -2.55. The summed E-state index contributed by atoms with van der Waals surface area (Å²) in [5.41, 5.74) is 0.0959. The van der Waals surface area contributed by atoms with E-state index in [9.17, 15) is 27.2 Å². The van der Waals surface area contributed by atoms with Crippen molar-refractivity contribution in [1.82, 2.24) is 15.2 Å². The molecule has 3 aliphatic rings. The summed E-state index contributed by atoms with van der Waals surface area (Å²) in [5, 5.41) is 5.82. The number of piperidine rings is 1. The minimum absolute atomic E-state index is 0.0535. The second kappa shape index (κ2) is 8.65. The van der Waals surface area contributed by atoms with E-state index in [0.29, 0.717) is 30.5 Å². The van der Waals surface area contributed by atoms with Crippen LogP contribution in [-0.2, 0) is 22.4 Å². The number of likely N-dealkylation sites (tertiary alicyclic amines) is 1. The molecule has 0 saturated carbocycles. The molecule has 2 aromatic rings. The predicted molar refractivity (Wildman–Crippen MR) is 120 cm³/mol. The van der Waals surface area contributed by atoms with E-state index >= 15 is 0 Å². The van der Waals surface area contributed by atoms with Gasteiger partial charge in [-0.1, -0.05) is 17.7 Å². The van der Waals surface area contributed by atoms with E-state index in [1.807, 2.05) is 0 Å². The molecule has 35 heavy (non-hydrogen) atoms. The topological polar surface area (TPSA) is 74.3 Å². The van der Waals surface area contributed by atoms with E-state index in [1.54, 1.807) is 6.07 Å². The first-order valence-electron chi connectivity index (χ1n) is 11.4. The third kappa shape index (κ3) is 4.11. The maximum atomic E-state index is 14.3. The van der Waals surface area contributed by atoms with E-state index in [2.05, 4.69) is 15.6 Å². The van der Waals surface area contributed by atoms with Gasteiger partial charge in [-0.05, 0) is 61.4 Å². The average Bonchev–Trinajstić information content (AvgIpc) is 3.38. The Kier molecular flexibility index (Phi) is 5.89. The Balaban J connectivity index is 1.35. The highest BCUT2D eigenvalue weighted by molar-refractivity contribution is 6.30. The van der Waals surface area contributed by atoms with Crippen molar-refractivity contribution in [3.05, 3.63) is 58.1 Å². The largest absolute Gasteiger partial charge is 0.414 e. The second-order valence-electron chi connectivity index (χ2n) is 9.35. The van der Waals surface area contributed by atoms with Crippen LogP contribution < -0.4 is 10.6 Å². The zero-order valence-corrected chi connectivity index (χ0v) is 19.3. The van der Waals surface area contributed by atoms with E-state index in [0.717, 1.165) is 10.5 Å². The molecule has 5 rings (SSSR count). The third-order valence-corrected chi connectivity index (χ3v) is 7.51. The molecule has 2 N–H and O–H groups in total. The lowest BCUT2D eigenvalue weighted by Gasteiger charge is -2.41. The van der Waals surface area contributed by atoms with Gasteiger partial charge in [-0.15, -0.1) is 0 Å². The van der Waals surface area contributed by atoms with Gasteiger partial charge in [0, 0.05) is 19.1 Å². The highest BCUT2D eigenvalue weighted by Crippen LogP contribution is 2.45. The summed E-state index contributed by atoms with van der Waals surface area (Å²) in [7, 11) is 0. The predicted octanol–water partition coefficient (Wildman–Crippen LogP) is 4.19. The molecular formula is C24H23ClF4N4O2. The molecule has 2 aliphatic heterocycles. The number of halogens is 5. The quantitative estimate of drug-likeness (QED) is 0.478. The molecule has 0 radical (unpaired) electrons. The maximum Gasteiger partial charge on any atom is 0.414 e. The van der Waals surface area contributed by atoms with Gasteiger partial charge in [0.2, 0.25) is 11.8 Å². The number of carbonyl (C=O) groups is 2. The first-order chi connectivity index (χ1) is 16.6. The Labute approximate surface area is 204 Å². The van der Waals surface area contributed by atoms with Crippen LogP contribution in [0.1, 0.15) is 42.1 Å². The van der Waals surface area contributed by atoms with Crippen LogP contribution in [0.5, 0.6) is 0 Å². The summed E-state index contributed by atoms with van der Waals surface area (Å²) in [6.07, 6.45) is -1.82. The summed E-state index contributed by atoms with van der Waals surface area (Å²) >= 11 is 5.86. The number of rotatable bonds is 4. The number of carbonyl (C=O) groups excluding carboxylic acids is 2. The first-order valence-corrected chi connectivity index (χ1v) is 11.8. The summed E-state index contributed by atoms with van der Waals surface area (Å²) in [6, 6.07) is 3.58. The second-order valence-corrected chi connectivity index (χ2v) is 9.76. The number of pyridine rings is 1. The van der Waals surface area contributed by atoms with Gasteiger partial charge in [-0.25, -0.2) is 4.39 Å². The SMILES string of the molecule is O=C1NCCC12CCCN(C(c1ccc(NC3Cc4ccc(Cl)c(F)c4C3)cn1)C(F)(F)F)C2=O. The number of hydrogen-bond donors (Lipinski definition) is 2. The van der Waals surface area contributed by atoms with Crippen molar-refractivity contribution in [3.8, 4) is 0 Å². The molecule has 1 aliphatic carbocycles. The first kappa shape index (κ1) is 23.8. The number of aromatic nitrogens is 1. The molecule has 11 heteroatoms. The Morgan fingerprint density at radius 3 is 2.63 bits per heavy atom. The van der Waals surface area contributed by atoms with Crippen molar-refractivity contribution >= 4 is 29.1 Å². The van der Waals surface area contributed by atoms with Crippen LogP contribution >= 0.6 is 11.6 Å². The molecule has 2 saturated heterocycles. The number of nitrogens with zero attached hydrogens (tertiary/aromatic N) is 2. The third-order valence-electron chi connectivity index (χ3n) is 7.21. The van der Waals surface area contributed by atoms with Crippen molar-refractivity contribution in [2.45, 2.75) is 50.4 Å². The normalized spacial score (nSPS) is 25.1. The maximum absolute atomic E-state index is 14.3. The number of anilines is 1. The van der Waals surface area contributed by atoms with Crippen molar-refractivity contribution in [1.29, 1.82) is 0 Å². The Hall–Kier alpha value is -2.88. The Morgan fingerprint density at radius 2 is 1.97 bits per heavy atom. The molecule has 1 aromatic carbocycles. The molecule has 3 atom stereocenters. The molecule has 0 bridgehead atoms. The van der Waals surface area contributed by atoms with Crippen LogP contribution in [0.15, 0.2) is 30.5 Å². The summed E-state index contributed by atoms with van der Waals surface area (Å²) in [5.74, 6) is -1.75. The monoisotopic (exact) mass is 510 g/mol. The summed E-state index contributed by atoms with van der Waals surface area (Å²) in [4.78, 5) is 30.3. The smallest absolute Gasteiger partial charge is 0.380 e. The van der Waals surface area contributed by atoms with Crippen LogP contribution in [0, 0.1) is 11.2 Å². The lowest BCUT2D eigenvalue weighted by atomic mass is 9.77. The zero-order chi connectivity index (χ0) is 25.0. The molecule has 3 heterocycles. The van der Waals surface area contributed by atoms with E-state index in [-0.39, 0.29) is 42.7 Å². The zero-order valence-electron chi connectivity index (χ0n) is 18.6. The van der Waals surface area contributed by atoms with Gasteiger partial charge in [0.25, 0.3) is 0 Å². The van der Waals surface area contributed by atoms with E-state index < -0.39 is 35.3 Å². The fraction of sp³-hybridized carbons (Fsp3) is 0.458. The highest BCUT2D eigenvalue weighted by atomic mass is 35.5. The molecular weight excluding hydrogens is 488 g/mol. The van der Waals surface area contributed by atoms with Gasteiger partial charge in [0.15, 0.2) is 6.04 Å². The highest BCUT2D eigenvalue weighted by Gasteiger charge is 2.57. The number of fused-ring (bicyclic) bond motifs is 1. The van der Waals surface area contributed by atoms with Gasteiger partial charge < -0.3 is 15.5 Å². The van der Waals surface area contributed by atoms with Crippen LogP contribution in [0.3, 0.4) is 0 Å². The van der Waals surface area contributed by atoms with Crippen LogP contribution in [0.4, 0.5) is 23.2 Å². The number of nitrogens with one attached hydrogen (secondary N) is 2. The van der Waals surface area contributed by atoms with Crippen molar-refractivity contribution in [2.75, 3.05) is 18.4 Å². The van der Waals surface area contributed by atoms with Gasteiger partial charge >= 0.3 is 6.18 Å². The van der Waals surface area contributed by atoms with Gasteiger partial charge in [-0.2, -0.15) is 13.2 Å². The lowest BCUT2D eigenvalue weighted by molar-refractivity contribution is -0.201. The molecule has 186 valence electrons. The fourth-order valence-electron chi connectivity index (χ4n) is 5.52. The van der Waals surface area contributed by atoms with Crippen LogP contribution in [0.2, 0.25) is 5.02 Å². The van der Waals surface area contributed by atoms with Crippen LogP contribution in [0.25, 0.3) is 0 Å². The Bertz CT molecular complexity index is 1170. The Morgan fingerprint density at radius 1 is 1.17 bits per heavy atom. The molecule has 6 nitrogen and oxygen atoms in total. The molecule has 3 unspecified atom stereocenters. The fourth-order valence-corrected chi connectivity index (χ4v) is 5.70. The van der Waals surface area contributed by atoms with Crippen molar-refractivity contribution < 1.29 is 27.2 Å². The average molecular weight is 511 g/mol. The molecule has 2 fully saturated rings. The van der Waals surface area contributed by atoms with Gasteiger partial charge in [0.05, 0.1) is 22.6 Å². The number of amides is 2. The number of alkyl halides is 3. The van der Waals surface area contributed by atoms with E-state index in [1.165, 1.54) is 24.4 Å². The summed E-state index contributed by atoms with van der Waals surface area (Å²) < 4.78 is 56.8. The van der Waals surface area contributed by atoms with Gasteiger partial charge in [-0.3, -0.25) is 14.6 Å². The number of benzene rings is 1. The number of hydrogen-bond acceptors (Lipinski definition) is 4. The van der Waals surface area contributed by atoms with E-state index in [4.69, 9.17) is 11.6 Å². The van der Waals surface area contributed by atoms with Crippen LogP contribution in [-0.4, -0.2) is 47.0 Å². The molecule has 2 amide bonds. The van der Waals surface area contributed by atoms with Gasteiger partial charge in [0.1, 0.15) is 11.2 Å². The van der Waals surface area contributed by atoms with Crippen molar-refractivity contribution in [2.24, 2.45) is 5.41 Å². The van der Waals surface area contributed by atoms with Crippen molar-refractivity contribution in [3.63, 3.8) is 0 Å². The molecule has 1 spiro atoms. The minimum atomic E-state index is -4.77. The molecule has 1 aromatic heterocycles.